The maximum atomic E-state index is 12.8. The number of hydrogen-bond acceptors (Lipinski definition) is 6. The Hall–Kier alpha value is -3.71. The lowest BCUT2D eigenvalue weighted by molar-refractivity contribution is -0.121. The van der Waals surface area contributed by atoms with E-state index in [0.717, 1.165) is 15.4 Å². The van der Waals surface area contributed by atoms with Crippen molar-refractivity contribution in [1.82, 2.24) is 0 Å². The number of benzene rings is 3. The lowest BCUT2D eigenvalue weighted by atomic mass is 10.1. The number of ketones is 1. The van der Waals surface area contributed by atoms with Crippen LogP contribution in [0.25, 0.3) is 0 Å². The summed E-state index contributed by atoms with van der Waals surface area (Å²) in [5.41, 5.74) is 2.12. The molecule has 0 radical (unpaired) electrons. The number of nitrogens with zero attached hydrogens (tertiary/aromatic N) is 1. The molecule has 4 rings (SSSR count). The fourth-order valence-electron chi connectivity index (χ4n) is 3.41. The molecule has 1 aliphatic heterocycles. The van der Waals surface area contributed by atoms with Crippen molar-refractivity contribution >= 4 is 41.0 Å². The van der Waals surface area contributed by atoms with E-state index in [0.29, 0.717) is 11.3 Å². The number of aryl methyl sites for hydroxylation is 1. The highest BCUT2D eigenvalue weighted by Crippen LogP contribution is 2.33. The van der Waals surface area contributed by atoms with Gasteiger partial charge in [0.15, 0.2) is 12.4 Å². The largest absolute Gasteiger partial charge is 0.454 e. The number of carbonyl (C=O) groups is 4. The van der Waals surface area contributed by atoms with Gasteiger partial charge in [-0.25, -0.2) is 9.69 Å². The molecule has 0 N–H and O–H groups in total. The maximum absolute atomic E-state index is 12.8. The van der Waals surface area contributed by atoms with Crippen LogP contribution in [-0.4, -0.2) is 35.4 Å². The molecule has 3 aromatic carbocycles. The molecular weight excluding hydrogens is 438 g/mol. The van der Waals surface area contributed by atoms with Crippen molar-refractivity contribution in [3.05, 3.63) is 95.6 Å². The van der Waals surface area contributed by atoms with Crippen molar-refractivity contribution in [2.45, 2.75) is 23.5 Å². The van der Waals surface area contributed by atoms with Gasteiger partial charge in [0.05, 0.1) is 16.5 Å². The van der Waals surface area contributed by atoms with Gasteiger partial charge in [-0.3, -0.25) is 14.4 Å². The summed E-state index contributed by atoms with van der Waals surface area (Å²) in [6.07, 6.45) is 0.114. The molecule has 1 saturated heterocycles. The van der Waals surface area contributed by atoms with E-state index < -0.39 is 11.2 Å². The van der Waals surface area contributed by atoms with E-state index in [4.69, 9.17) is 4.74 Å². The van der Waals surface area contributed by atoms with Crippen LogP contribution < -0.4 is 4.90 Å². The highest BCUT2D eigenvalue weighted by Gasteiger charge is 2.40. The highest BCUT2D eigenvalue weighted by atomic mass is 32.2. The summed E-state index contributed by atoms with van der Waals surface area (Å²) in [7, 11) is 0. The van der Waals surface area contributed by atoms with Crippen LogP contribution >= 0.6 is 11.8 Å². The molecule has 3 aromatic rings. The van der Waals surface area contributed by atoms with Crippen LogP contribution in [0.15, 0.2) is 83.8 Å². The maximum Gasteiger partial charge on any atom is 0.338 e. The van der Waals surface area contributed by atoms with Gasteiger partial charge in [-0.15, -0.1) is 11.8 Å². The molecule has 0 aromatic heterocycles. The van der Waals surface area contributed by atoms with E-state index in [-0.39, 0.29) is 36.2 Å². The average Bonchev–Trinajstić information content (AvgIpc) is 3.11. The number of Topliss-reactive ketones (excluding diaryl/α,β-unsaturated/α-hetero) is 1. The van der Waals surface area contributed by atoms with Crippen molar-refractivity contribution < 1.29 is 23.9 Å². The Morgan fingerprint density at radius 3 is 2.21 bits per heavy atom. The van der Waals surface area contributed by atoms with Crippen molar-refractivity contribution in [3.8, 4) is 0 Å². The molecule has 1 heterocycles. The molecule has 0 saturated carbocycles. The van der Waals surface area contributed by atoms with Crippen LogP contribution in [0.5, 0.6) is 0 Å². The predicted molar refractivity (Wildman–Crippen MR) is 125 cm³/mol. The molecule has 0 aliphatic carbocycles. The minimum Gasteiger partial charge on any atom is -0.454 e. The number of esters is 1. The van der Waals surface area contributed by atoms with Crippen LogP contribution in [0.1, 0.15) is 32.7 Å². The molecule has 6 nitrogen and oxygen atoms in total. The zero-order valence-corrected chi connectivity index (χ0v) is 18.7. The Balaban J connectivity index is 1.37. The Morgan fingerprint density at radius 1 is 0.909 bits per heavy atom. The van der Waals surface area contributed by atoms with E-state index in [2.05, 4.69) is 0 Å². The fraction of sp³-hybridized carbons (Fsp3) is 0.154. The number of carbonyl (C=O) groups excluding carboxylic acids is 4. The lowest BCUT2D eigenvalue weighted by Gasteiger charge is -2.15. The summed E-state index contributed by atoms with van der Waals surface area (Å²) in [5, 5.41) is -0.489. The summed E-state index contributed by atoms with van der Waals surface area (Å²) in [6, 6.07) is 22.5. The van der Waals surface area contributed by atoms with Crippen molar-refractivity contribution in [2.75, 3.05) is 11.5 Å². The molecule has 33 heavy (non-hydrogen) atoms. The van der Waals surface area contributed by atoms with Crippen molar-refractivity contribution in [3.63, 3.8) is 0 Å². The number of ether oxygens (including phenoxy) is 1. The van der Waals surface area contributed by atoms with Crippen LogP contribution in [0.2, 0.25) is 0 Å². The molecule has 2 amide bonds. The normalized spacial score (nSPS) is 15.5. The average molecular weight is 460 g/mol. The van der Waals surface area contributed by atoms with E-state index in [1.54, 1.807) is 12.1 Å². The topological polar surface area (TPSA) is 80.8 Å². The SMILES string of the molecule is Cc1ccc(C(=O)COC(=O)c2ccc(N3C(=O)CC(Sc4ccccc4)C3=O)cc2)cc1. The zero-order chi connectivity index (χ0) is 23.4. The van der Waals surface area contributed by atoms with E-state index in [1.807, 2.05) is 49.4 Å². The summed E-state index contributed by atoms with van der Waals surface area (Å²) in [4.78, 5) is 51.9. The second-order valence-electron chi connectivity index (χ2n) is 7.60. The summed E-state index contributed by atoms with van der Waals surface area (Å²) in [5.74, 6) is -1.52. The monoisotopic (exact) mass is 459 g/mol. The van der Waals surface area contributed by atoms with Gasteiger partial charge in [-0.1, -0.05) is 48.0 Å². The van der Waals surface area contributed by atoms with Crippen molar-refractivity contribution in [1.29, 1.82) is 0 Å². The molecule has 0 spiro atoms. The van der Waals surface area contributed by atoms with Gasteiger partial charge in [0, 0.05) is 16.9 Å². The summed E-state index contributed by atoms with van der Waals surface area (Å²) in [6.45, 7) is 1.55. The molecule has 166 valence electrons. The van der Waals surface area contributed by atoms with Gasteiger partial charge in [0.25, 0.3) is 0 Å². The Labute approximate surface area is 195 Å². The first-order chi connectivity index (χ1) is 15.9. The van der Waals surface area contributed by atoms with Crippen molar-refractivity contribution in [2.24, 2.45) is 0 Å². The van der Waals surface area contributed by atoms with Gasteiger partial charge in [0.2, 0.25) is 11.8 Å². The molecule has 0 bridgehead atoms. The van der Waals surface area contributed by atoms with E-state index >= 15 is 0 Å². The third-order valence-electron chi connectivity index (χ3n) is 5.20. The quantitative estimate of drug-likeness (QED) is 0.295. The molecular formula is C26H21NO5S. The zero-order valence-electron chi connectivity index (χ0n) is 17.9. The molecule has 1 unspecified atom stereocenters. The summed E-state index contributed by atoms with van der Waals surface area (Å²) < 4.78 is 5.13. The lowest BCUT2D eigenvalue weighted by Crippen LogP contribution is -2.31. The van der Waals surface area contributed by atoms with Gasteiger partial charge in [0.1, 0.15) is 0 Å². The van der Waals surface area contributed by atoms with Gasteiger partial charge in [-0.05, 0) is 43.3 Å². The third kappa shape index (κ3) is 5.21. The molecule has 7 heteroatoms. The number of imide groups is 1. The second kappa shape index (κ2) is 9.83. The number of thioether (sulfide) groups is 1. The minimum absolute atomic E-state index is 0.114. The highest BCUT2D eigenvalue weighted by molar-refractivity contribution is 8.00. The number of anilines is 1. The number of rotatable bonds is 7. The van der Waals surface area contributed by atoms with Gasteiger partial charge >= 0.3 is 5.97 Å². The van der Waals surface area contributed by atoms with Gasteiger partial charge < -0.3 is 4.74 Å². The predicted octanol–water partition coefficient (Wildman–Crippen LogP) is 4.46. The second-order valence-corrected chi connectivity index (χ2v) is 8.88. The Kier molecular flexibility index (Phi) is 6.70. The first kappa shape index (κ1) is 22.5. The van der Waals surface area contributed by atoms with Gasteiger partial charge in [-0.2, -0.15) is 0 Å². The standard InChI is InChI=1S/C26H21NO5S/c1-17-7-9-18(10-8-17)22(28)16-32-26(31)19-11-13-20(14-12-19)27-24(29)15-23(25(27)30)33-21-5-3-2-4-6-21/h2-14,23H,15-16H2,1H3. The Bertz CT molecular complexity index is 1190. The first-order valence-electron chi connectivity index (χ1n) is 10.4. The van der Waals surface area contributed by atoms with Crippen LogP contribution in [-0.2, 0) is 14.3 Å². The first-order valence-corrected chi connectivity index (χ1v) is 11.3. The van der Waals surface area contributed by atoms with Crippen LogP contribution in [0, 0.1) is 6.92 Å². The van der Waals surface area contributed by atoms with E-state index in [1.165, 1.54) is 36.0 Å². The number of hydrogen-bond donors (Lipinski definition) is 0. The Morgan fingerprint density at radius 2 is 1.55 bits per heavy atom. The fourth-order valence-corrected chi connectivity index (χ4v) is 4.49. The number of amides is 2. The van der Waals surface area contributed by atoms with Crippen LogP contribution in [0.4, 0.5) is 5.69 Å². The third-order valence-corrected chi connectivity index (χ3v) is 6.39. The summed E-state index contributed by atoms with van der Waals surface area (Å²) >= 11 is 1.36. The van der Waals surface area contributed by atoms with E-state index in [9.17, 15) is 19.2 Å². The van der Waals surface area contributed by atoms with Crippen LogP contribution in [0.3, 0.4) is 0 Å². The minimum atomic E-state index is -0.654. The molecule has 1 fully saturated rings. The smallest absolute Gasteiger partial charge is 0.338 e. The molecule has 1 atom stereocenters. The molecule has 1 aliphatic rings.